The summed E-state index contributed by atoms with van der Waals surface area (Å²) in [5.74, 6) is 0.642. The zero-order valence-corrected chi connectivity index (χ0v) is 15.3. The van der Waals surface area contributed by atoms with Crippen LogP contribution in [-0.4, -0.2) is 30.4 Å². The van der Waals surface area contributed by atoms with Crippen molar-refractivity contribution < 1.29 is 4.79 Å². The van der Waals surface area contributed by atoms with Crippen LogP contribution in [0.25, 0.3) is 0 Å². The molecule has 0 bridgehead atoms. The first-order valence-electron chi connectivity index (χ1n) is 8.85. The molecule has 1 aliphatic rings. The number of piperidine rings is 1. The van der Waals surface area contributed by atoms with E-state index in [1.54, 1.807) is 0 Å². The topological polar surface area (TPSA) is 46.3 Å². The molecule has 2 aromatic carbocycles. The van der Waals surface area contributed by atoms with Gasteiger partial charge in [0.25, 0.3) is 0 Å². The number of hydrogen-bond acceptors (Lipinski definition) is 2. The maximum atomic E-state index is 12.8. The Balaban J connectivity index is 0.00000225. The van der Waals surface area contributed by atoms with Gasteiger partial charge in [-0.3, -0.25) is 4.79 Å². The number of amides is 1. The summed E-state index contributed by atoms with van der Waals surface area (Å²) in [7, 11) is 0. The number of benzene rings is 2. The normalized spacial score (nSPS) is 16.1. The molecular formula is C21H27ClN2O. The van der Waals surface area contributed by atoms with Crippen LogP contribution in [0.4, 0.5) is 0 Å². The van der Waals surface area contributed by atoms with Crippen molar-refractivity contribution in [2.45, 2.75) is 25.2 Å². The molecule has 2 aromatic rings. The lowest BCUT2D eigenvalue weighted by Gasteiger charge is -2.34. The van der Waals surface area contributed by atoms with Gasteiger partial charge in [-0.2, -0.15) is 0 Å². The Labute approximate surface area is 156 Å². The molecule has 0 spiro atoms. The average molecular weight is 359 g/mol. The fourth-order valence-corrected chi connectivity index (χ4v) is 3.59. The number of nitrogens with zero attached hydrogens (tertiary/aromatic N) is 1. The predicted octanol–water partition coefficient (Wildman–Crippen LogP) is 3.63. The monoisotopic (exact) mass is 358 g/mol. The molecule has 134 valence electrons. The second-order valence-electron chi connectivity index (χ2n) is 6.66. The van der Waals surface area contributed by atoms with Gasteiger partial charge in [-0.15, -0.1) is 12.4 Å². The zero-order chi connectivity index (χ0) is 16.8. The summed E-state index contributed by atoms with van der Waals surface area (Å²) >= 11 is 0. The molecule has 1 fully saturated rings. The van der Waals surface area contributed by atoms with Gasteiger partial charge in [0.2, 0.25) is 5.91 Å². The first-order chi connectivity index (χ1) is 11.8. The van der Waals surface area contributed by atoms with Gasteiger partial charge in [-0.05, 0) is 36.3 Å². The van der Waals surface area contributed by atoms with Gasteiger partial charge in [0, 0.05) is 19.6 Å². The average Bonchev–Trinajstić information content (AvgIpc) is 2.65. The van der Waals surface area contributed by atoms with Crippen molar-refractivity contribution in [2.24, 2.45) is 11.7 Å². The Morgan fingerprint density at radius 1 is 1.00 bits per heavy atom. The molecule has 1 unspecified atom stereocenters. The molecule has 1 saturated heterocycles. The summed E-state index contributed by atoms with van der Waals surface area (Å²) in [6, 6.07) is 20.5. The lowest BCUT2D eigenvalue weighted by Crippen LogP contribution is -2.43. The summed E-state index contributed by atoms with van der Waals surface area (Å²) < 4.78 is 0. The highest BCUT2D eigenvalue weighted by molar-refractivity contribution is 5.85. The minimum atomic E-state index is -0.211. The molecule has 1 heterocycles. The Kier molecular flexibility index (Phi) is 7.48. The maximum absolute atomic E-state index is 12.8. The van der Waals surface area contributed by atoms with Crippen molar-refractivity contribution in [1.29, 1.82) is 0 Å². The van der Waals surface area contributed by atoms with Crippen molar-refractivity contribution >= 4 is 18.3 Å². The van der Waals surface area contributed by atoms with Crippen LogP contribution in [0.3, 0.4) is 0 Å². The van der Waals surface area contributed by atoms with Gasteiger partial charge >= 0.3 is 0 Å². The highest BCUT2D eigenvalue weighted by Gasteiger charge is 2.28. The van der Waals surface area contributed by atoms with Crippen LogP contribution in [0.15, 0.2) is 60.7 Å². The molecular weight excluding hydrogens is 332 g/mol. The number of carbonyl (C=O) groups is 1. The van der Waals surface area contributed by atoms with E-state index in [-0.39, 0.29) is 24.2 Å². The molecule has 3 nitrogen and oxygen atoms in total. The first-order valence-corrected chi connectivity index (χ1v) is 8.85. The molecule has 1 amide bonds. The molecule has 4 heteroatoms. The van der Waals surface area contributed by atoms with Gasteiger partial charge in [0.05, 0.1) is 5.92 Å². The lowest BCUT2D eigenvalue weighted by molar-refractivity contribution is -0.134. The molecule has 0 radical (unpaired) electrons. The maximum Gasteiger partial charge on any atom is 0.231 e. The van der Waals surface area contributed by atoms with Crippen LogP contribution in [0.5, 0.6) is 0 Å². The molecule has 1 aliphatic heterocycles. The Morgan fingerprint density at radius 2 is 1.56 bits per heavy atom. The minimum absolute atomic E-state index is 0. The summed E-state index contributed by atoms with van der Waals surface area (Å²) in [4.78, 5) is 14.8. The van der Waals surface area contributed by atoms with Crippen molar-refractivity contribution in [3.63, 3.8) is 0 Å². The Hall–Kier alpha value is -1.84. The molecule has 3 rings (SSSR count). The molecule has 0 aromatic heterocycles. The predicted molar refractivity (Wildman–Crippen MR) is 105 cm³/mol. The van der Waals surface area contributed by atoms with Crippen LogP contribution in [-0.2, 0) is 11.2 Å². The largest absolute Gasteiger partial charge is 0.342 e. The second kappa shape index (κ2) is 9.59. The number of halogens is 1. The van der Waals surface area contributed by atoms with Gasteiger partial charge in [-0.25, -0.2) is 0 Å². The van der Waals surface area contributed by atoms with Crippen LogP contribution in [0.2, 0.25) is 0 Å². The molecule has 0 saturated carbocycles. The van der Waals surface area contributed by atoms with E-state index in [1.165, 1.54) is 5.56 Å². The van der Waals surface area contributed by atoms with E-state index in [9.17, 15) is 4.79 Å². The first kappa shape index (κ1) is 19.5. The fourth-order valence-electron chi connectivity index (χ4n) is 3.59. The van der Waals surface area contributed by atoms with Crippen LogP contribution in [0, 0.1) is 5.92 Å². The number of likely N-dealkylation sites (tertiary alicyclic amines) is 1. The Bertz CT molecular complexity index is 639. The van der Waals surface area contributed by atoms with Crippen molar-refractivity contribution in [1.82, 2.24) is 4.90 Å². The number of hydrogen-bond donors (Lipinski definition) is 1. The van der Waals surface area contributed by atoms with E-state index in [0.717, 1.165) is 37.9 Å². The fraction of sp³-hybridized carbons (Fsp3) is 0.381. The summed E-state index contributed by atoms with van der Waals surface area (Å²) in [6.45, 7) is 2.06. The molecule has 0 aliphatic carbocycles. The van der Waals surface area contributed by atoms with Gasteiger partial charge in [0.15, 0.2) is 0 Å². The van der Waals surface area contributed by atoms with E-state index in [4.69, 9.17) is 5.73 Å². The minimum Gasteiger partial charge on any atom is -0.342 e. The van der Waals surface area contributed by atoms with Gasteiger partial charge in [0.1, 0.15) is 0 Å². The smallest absolute Gasteiger partial charge is 0.231 e. The Morgan fingerprint density at radius 3 is 2.12 bits per heavy atom. The summed E-state index contributed by atoms with van der Waals surface area (Å²) in [6.07, 6.45) is 3.27. The third-order valence-corrected chi connectivity index (χ3v) is 5.03. The summed E-state index contributed by atoms with van der Waals surface area (Å²) in [5.41, 5.74) is 8.31. The third kappa shape index (κ3) is 5.07. The second-order valence-corrected chi connectivity index (χ2v) is 6.66. The van der Waals surface area contributed by atoms with Crippen LogP contribution >= 0.6 is 12.4 Å². The van der Waals surface area contributed by atoms with E-state index >= 15 is 0 Å². The standard InChI is InChI=1S/C21H26N2O.ClH/c22-16-20(19-9-5-2-6-10-19)21(24)23-13-11-18(12-14-23)15-17-7-3-1-4-8-17;/h1-10,18,20H,11-16,22H2;1H. The van der Waals surface area contributed by atoms with E-state index in [2.05, 4.69) is 30.3 Å². The van der Waals surface area contributed by atoms with Crippen molar-refractivity contribution in [3.8, 4) is 0 Å². The summed E-state index contributed by atoms with van der Waals surface area (Å²) in [5, 5.41) is 0. The highest BCUT2D eigenvalue weighted by atomic mass is 35.5. The van der Waals surface area contributed by atoms with Gasteiger partial charge in [-0.1, -0.05) is 60.7 Å². The number of carbonyl (C=O) groups excluding carboxylic acids is 1. The van der Waals surface area contributed by atoms with Crippen molar-refractivity contribution in [2.75, 3.05) is 19.6 Å². The lowest BCUT2D eigenvalue weighted by atomic mass is 9.89. The van der Waals surface area contributed by atoms with Crippen LogP contribution < -0.4 is 5.73 Å². The third-order valence-electron chi connectivity index (χ3n) is 5.03. The zero-order valence-electron chi connectivity index (χ0n) is 14.5. The number of nitrogens with two attached hydrogens (primary N) is 1. The van der Waals surface area contributed by atoms with E-state index in [0.29, 0.717) is 12.5 Å². The SMILES string of the molecule is Cl.NCC(C(=O)N1CCC(Cc2ccccc2)CC1)c1ccccc1. The molecule has 2 N–H and O–H groups in total. The highest BCUT2D eigenvalue weighted by Crippen LogP contribution is 2.25. The van der Waals surface area contributed by atoms with Crippen molar-refractivity contribution in [3.05, 3.63) is 71.8 Å². The molecule has 1 atom stereocenters. The van der Waals surface area contributed by atoms with E-state index in [1.807, 2.05) is 35.2 Å². The molecule has 25 heavy (non-hydrogen) atoms. The number of rotatable bonds is 5. The van der Waals surface area contributed by atoms with E-state index < -0.39 is 0 Å². The quantitative estimate of drug-likeness (QED) is 0.887. The van der Waals surface area contributed by atoms with Gasteiger partial charge < -0.3 is 10.6 Å². The van der Waals surface area contributed by atoms with Crippen LogP contribution in [0.1, 0.15) is 29.9 Å².